The molecule has 0 aliphatic carbocycles. The Morgan fingerprint density at radius 3 is 2.52 bits per heavy atom. The van der Waals surface area contributed by atoms with Crippen molar-refractivity contribution in [1.29, 1.82) is 0 Å². The number of benzene rings is 2. The van der Waals surface area contributed by atoms with Crippen molar-refractivity contribution >= 4 is 21.6 Å². The van der Waals surface area contributed by atoms with Gasteiger partial charge < -0.3 is 4.74 Å². The summed E-state index contributed by atoms with van der Waals surface area (Å²) >= 11 is 3.53. The van der Waals surface area contributed by atoms with Crippen LogP contribution in [0.5, 0.6) is 5.75 Å². The summed E-state index contributed by atoms with van der Waals surface area (Å²) in [6.45, 7) is 2.00. The van der Waals surface area contributed by atoms with Crippen LogP contribution in [0.3, 0.4) is 0 Å². The van der Waals surface area contributed by atoms with Crippen molar-refractivity contribution in [3.05, 3.63) is 71.0 Å². The Morgan fingerprint density at radius 1 is 1.00 bits per heavy atom. The van der Waals surface area contributed by atoms with Gasteiger partial charge in [-0.15, -0.1) is 0 Å². The van der Waals surface area contributed by atoms with E-state index < -0.39 is 0 Å². The summed E-state index contributed by atoms with van der Waals surface area (Å²) in [4.78, 5) is 4.72. The molecule has 0 atom stereocenters. The van der Waals surface area contributed by atoms with Crippen molar-refractivity contribution in [2.75, 3.05) is 7.11 Å². The molecule has 5 heteroatoms. The first-order valence-electron chi connectivity index (χ1n) is 7.91. The molecule has 0 bridgehead atoms. The van der Waals surface area contributed by atoms with Gasteiger partial charge in [-0.2, -0.15) is 5.10 Å². The maximum absolute atomic E-state index is 5.25. The van der Waals surface area contributed by atoms with Crippen molar-refractivity contribution in [2.45, 2.75) is 6.92 Å². The second-order valence-electron chi connectivity index (χ2n) is 5.82. The number of ether oxygens (including phenoxy) is 1. The van der Waals surface area contributed by atoms with E-state index >= 15 is 0 Å². The molecule has 4 aromatic rings. The van der Waals surface area contributed by atoms with E-state index in [9.17, 15) is 0 Å². The molecule has 0 aliphatic heterocycles. The highest BCUT2D eigenvalue weighted by Gasteiger charge is 2.13. The highest BCUT2D eigenvalue weighted by atomic mass is 79.9. The Morgan fingerprint density at radius 2 is 1.80 bits per heavy atom. The van der Waals surface area contributed by atoms with Gasteiger partial charge in [-0.05, 0) is 55.0 Å². The molecule has 0 radical (unpaired) electrons. The monoisotopic (exact) mass is 393 g/mol. The first-order chi connectivity index (χ1) is 12.2. The van der Waals surface area contributed by atoms with E-state index in [1.165, 1.54) is 0 Å². The molecular weight excluding hydrogens is 378 g/mol. The molecule has 25 heavy (non-hydrogen) atoms. The van der Waals surface area contributed by atoms with Crippen LogP contribution in [-0.4, -0.2) is 21.7 Å². The quantitative estimate of drug-likeness (QED) is 0.483. The van der Waals surface area contributed by atoms with Crippen molar-refractivity contribution in [2.24, 2.45) is 0 Å². The van der Waals surface area contributed by atoms with Crippen molar-refractivity contribution in [3.8, 4) is 28.1 Å². The van der Waals surface area contributed by atoms with Gasteiger partial charge in [0.2, 0.25) is 0 Å². The Bertz CT molecular complexity index is 1050. The molecule has 0 amide bonds. The highest BCUT2D eigenvalue weighted by molar-refractivity contribution is 9.10. The van der Waals surface area contributed by atoms with Gasteiger partial charge >= 0.3 is 0 Å². The molecular formula is C20H16BrN3O. The summed E-state index contributed by atoms with van der Waals surface area (Å²) < 4.78 is 8.18. The van der Waals surface area contributed by atoms with Crippen LogP contribution in [0, 0.1) is 6.92 Å². The standard InChI is InChI=1S/C20H16BrN3O/c1-13-10-19(14-6-8-17(25-2)9-7-14)24-20(23-13)18(12-22-24)15-4-3-5-16(21)11-15/h3-12H,1-2H3. The minimum atomic E-state index is 0.834. The van der Waals surface area contributed by atoms with Crippen LogP contribution in [0.4, 0.5) is 0 Å². The second kappa shape index (κ2) is 6.33. The van der Waals surface area contributed by atoms with E-state index in [-0.39, 0.29) is 0 Å². The number of aryl methyl sites for hydroxylation is 1. The molecule has 0 N–H and O–H groups in total. The summed E-state index contributed by atoms with van der Waals surface area (Å²) in [7, 11) is 1.67. The van der Waals surface area contributed by atoms with Crippen LogP contribution in [0.15, 0.2) is 65.3 Å². The predicted octanol–water partition coefficient (Wildman–Crippen LogP) is 5.14. The van der Waals surface area contributed by atoms with Gasteiger partial charge in [-0.3, -0.25) is 0 Å². The van der Waals surface area contributed by atoms with E-state index in [0.717, 1.165) is 43.9 Å². The second-order valence-corrected chi connectivity index (χ2v) is 6.73. The molecule has 2 heterocycles. The van der Waals surface area contributed by atoms with Gasteiger partial charge in [-0.25, -0.2) is 9.50 Å². The Balaban J connectivity index is 1.92. The third kappa shape index (κ3) is 2.91. The summed E-state index contributed by atoms with van der Waals surface area (Å²) in [5, 5.41) is 4.59. The van der Waals surface area contributed by atoms with Crippen molar-refractivity contribution < 1.29 is 4.74 Å². The number of hydrogen-bond donors (Lipinski definition) is 0. The van der Waals surface area contributed by atoms with Crippen LogP contribution in [0.1, 0.15) is 5.69 Å². The number of methoxy groups -OCH3 is 1. The van der Waals surface area contributed by atoms with Crippen LogP contribution in [-0.2, 0) is 0 Å². The fourth-order valence-electron chi connectivity index (χ4n) is 2.91. The zero-order chi connectivity index (χ0) is 17.4. The lowest BCUT2D eigenvalue weighted by molar-refractivity contribution is 0.415. The number of aromatic nitrogens is 3. The number of rotatable bonds is 3. The molecule has 4 rings (SSSR count). The Labute approximate surface area is 154 Å². The van der Waals surface area contributed by atoms with Crippen LogP contribution >= 0.6 is 15.9 Å². The third-order valence-corrected chi connectivity index (χ3v) is 4.61. The molecule has 0 unspecified atom stereocenters. The zero-order valence-corrected chi connectivity index (χ0v) is 15.5. The van der Waals surface area contributed by atoms with Gasteiger partial charge in [0.15, 0.2) is 5.65 Å². The molecule has 0 saturated heterocycles. The van der Waals surface area contributed by atoms with E-state index in [2.05, 4.69) is 33.2 Å². The lowest BCUT2D eigenvalue weighted by atomic mass is 10.1. The topological polar surface area (TPSA) is 39.4 Å². The van der Waals surface area contributed by atoms with Crippen molar-refractivity contribution in [3.63, 3.8) is 0 Å². The lowest BCUT2D eigenvalue weighted by Crippen LogP contribution is -1.98. The summed E-state index contributed by atoms with van der Waals surface area (Å²) in [5.74, 6) is 0.834. The minimum Gasteiger partial charge on any atom is -0.497 e. The normalized spacial score (nSPS) is 11.0. The number of nitrogens with zero attached hydrogens (tertiary/aromatic N) is 3. The van der Waals surface area contributed by atoms with E-state index in [0.29, 0.717) is 0 Å². The van der Waals surface area contributed by atoms with Gasteiger partial charge in [0.25, 0.3) is 0 Å². The molecule has 0 aliphatic rings. The Kier molecular flexibility index (Phi) is 4.01. The summed E-state index contributed by atoms with van der Waals surface area (Å²) in [5.41, 5.74) is 5.98. The maximum Gasteiger partial charge on any atom is 0.163 e. The van der Waals surface area contributed by atoms with Crippen molar-refractivity contribution in [1.82, 2.24) is 14.6 Å². The zero-order valence-electron chi connectivity index (χ0n) is 13.9. The SMILES string of the molecule is COc1ccc(-c2cc(C)nc3c(-c4cccc(Br)c4)cnn23)cc1. The van der Waals surface area contributed by atoms with Crippen LogP contribution in [0.2, 0.25) is 0 Å². The number of fused-ring (bicyclic) bond motifs is 1. The first-order valence-corrected chi connectivity index (χ1v) is 8.71. The number of hydrogen-bond acceptors (Lipinski definition) is 3. The van der Waals surface area contributed by atoms with Gasteiger partial charge in [0.1, 0.15) is 5.75 Å². The average Bonchev–Trinajstić information content (AvgIpc) is 3.05. The third-order valence-electron chi connectivity index (χ3n) is 4.12. The summed E-state index contributed by atoms with van der Waals surface area (Å²) in [6.07, 6.45) is 1.87. The highest BCUT2D eigenvalue weighted by Crippen LogP contribution is 2.30. The molecule has 2 aromatic carbocycles. The summed E-state index contributed by atoms with van der Waals surface area (Å²) in [6, 6.07) is 18.2. The Hall–Kier alpha value is -2.66. The van der Waals surface area contributed by atoms with Gasteiger partial charge in [0.05, 0.1) is 19.0 Å². The first kappa shape index (κ1) is 15.8. The number of halogens is 1. The molecule has 4 nitrogen and oxygen atoms in total. The molecule has 0 spiro atoms. The van der Waals surface area contributed by atoms with Crippen LogP contribution in [0.25, 0.3) is 28.0 Å². The van der Waals surface area contributed by atoms with E-state index in [1.807, 2.05) is 60.1 Å². The average molecular weight is 394 g/mol. The van der Waals surface area contributed by atoms with Gasteiger partial charge in [0, 0.05) is 21.3 Å². The molecule has 124 valence electrons. The predicted molar refractivity (Wildman–Crippen MR) is 103 cm³/mol. The van der Waals surface area contributed by atoms with E-state index in [1.54, 1.807) is 7.11 Å². The largest absolute Gasteiger partial charge is 0.497 e. The van der Waals surface area contributed by atoms with Gasteiger partial charge in [-0.1, -0.05) is 28.1 Å². The molecule has 0 saturated carbocycles. The molecule has 2 aromatic heterocycles. The smallest absolute Gasteiger partial charge is 0.163 e. The molecule has 0 fully saturated rings. The lowest BCUT2D eigenvalue weighted by Gasteiger charge is -2.08. The minimum absolute atomic E-state index is 0.834. The fourth-order valence-corrected chi connectivity index (χ4v) is 3.31. The maximum atomic E-state index is 5.25. The fraction of sp³-hybridized carbons (Fsp3) is 0.100. The van der Waals surface area contributed by atoms with Crippen LogP contribution < -0.4 is 4.74 Å². The van der Waals surface area contributed by atoms with E-state index in [4.69, 9.17) is 9.72 Å².